The Kier molecular flexibility index (Phi) is 3.83. The maximum absolute atomic E-state index is 10.5. The van der Waals surface area contributed by atoms with Gasteiger partial charge in [-0.2, -0.15) is 0 Å². The van der Waals surface area contributed by atoms with Crippen LogP contribution in [-0.4, -0.2) is 36.2 Å². The summed E-state index contributed by atoms with van der Waals surface area (Å²) in [5.74, 6) is 1.19. The Morgan fingerprint density at radius 2 is 2.00 bits per heavy atom. The molecule has 1 saturated carbocycles. The number of phenolic OH excluding ortho intramolecular Hbond substituents is 1. The molecule has 19 heavy (non-hydrogen) atoms. The SMILES string of the molecule is Cc1ccc(Br)c([C@@H](C2CC2)N2CCNCC2)c1O. The van der Waals surface area contributed by atoms with Crippen molar-refractivity contribution in [3.8, 4) is 5.75 Å². The van der Waals surface area contributed by atoms with Gasteiger partial charge in [-0.25, -0.2) is 0 Å². The van der Waals surface area contributed by atoms with Gasteiger partial charge in [-0.1, -0.05) is 22.0 Å². The Hall–Kier alpha value is -0.580. The summed E-state index contributed by atoms with van der Waals surface area (Å²) in [6.07, 6.45) is 2.57. The van der Waals surface area contributed by atoms with E-state index in [1.165, 1.54) is 12.8 Å². The molecule has 1 heterocycles. The number of piperazine rings is 1. The number of nitrogens with one attached hydrogen (secondary N) is 1. The van der Waals surface area contributed by atoms with Crippen molar-refractivity contribution in [1.82, 2.24) is 10.2 Å². The molecule has 1 aliphatic heterocycles. The van der Waals surface area contributed by atoms with Crippen molar-refractivity contribution in [1.29, 1.82) is 0 Å². The van der Waals surface area contributed by atoms with Crippen LogP contribution < -0.4 is 5.32 Å². The molecule has 2 aliphatic rings. The highest BCUT2D eigenvalue weighted by atomic mass is 79.9. The quantitative estimate of drug-likeness (QED) is 0.897. The van der Waals surface area contributed by atoms with Crippen molar-refractivity contribution in [2.45, 2.75) is 25.8 Å². The normalized spacial score (nSPS) is 22.4. The zero-order chi connectivity index (χ0) is 13.4. The lowest BCUT2D eigenvalue weighted by Gasteiger charge is -2.36. The number of hydrogen-bond acceptors (Lipinski definition) is 3. The van der Waals surface area contributed by atoms with E-state index in [9.17, 15) is 5.11 Å². The van der Waals surface area contributed by atoms with E-state index in [-0.39, 0.29) is 0 Å². The van der Waals surface area contributed by atoms with Crippen LogP contribution in [0.15, 0.2) is 16.6 Å². The first-order valence-electron chi connectivity index (χ1n) is 7.11. The van der Waals surface area contributed by atoms with Gasteiger partial charge >= 0.3 is 0 Å². The summed E-state index contributed by atoms with van der Waals surface area (Å²) in [6, 6.07) is 4.42. The second kappa shape index (κ2) is 5.43. The van der Waals surface area contributed by atoms with Crippen molar-refractivity contribution in [2.24, 2.45) is 5.92 Å². The van der Waals surface area contributed by atoms with Crippen LogP contribution in [0, 0.1) is 12.8 Å². The first-order chi connectivity index (χ1) is 9.18. The molecule has 0 spiro atoms. The maximum atomic E-state index is 10.5. The molecule has 1 atom stereocenters. The Balaban J connectivity index is 1.97. The van der Waals surface area contributed by atoms with Crippen LogP contribution in [0.5, 0.6) is 5.75 Å². The molecule has 4 heteroatoms. The number of rotatable bonds is 3. The minimum atomic E-state index is 0.372. The van der Waals surface area contributed by atoms with Crippen LogP contribution in [-0.2, 0) is 0 Å². The van der Waals surface area contributed by atoms with Gasteiger partial charge in [-0.3, -0.25) is 4.90 Å². The van der Waals surface area contributed by atoms with Crippen molar-refractivity contribution >= 4 is 15.9 Å². The zero-order valence-electron chi connectivity index (χ0n) is 11.3. The van der Waals surface area contributed by atoms with Gasteiger partial charge in [-0.05, 0) is 37.3 Å². The van der Waals surface area contributed by atoms with Crippen LogP contribution in [0.4, 0.5) is 0 Å². The van der Waals surface area contributed by atoms with Crippen LogP contribution in [0.1, 0.15) is 30.0 Å². The molecule has 104 valence electrons. The Morgan fingerprint density at radius 1 is 1.32 bits per heavy atom. The van der Waals surface area contributed by atoms with Crippen molar-refractivity contribution < 1.29 is 5.11 Å². The molecule has 3 rings (SSSR count). The van der Waals surface area contributed by atoms with E-state index >= 15 is 0 Å². The molecule has 1 aromatic rings. The molecule has 2 fully saturated rings. The van der Waals surface area contributed by atoms with E-state index in [1.807, 2.05) is 13.0 Å². The minimum Gasteiger partial charge on any atom is -0.507 e. The van der Waals surface area contributed by atoms with Gasteiger partial charge in [0.1, 0.15) is 5.75 Å². The molecule has 1 aliphatic carbocycles. The van der Waals surface area contributed by atoms with Crippen molar-refractivity contribution in [3.05, 3.63) is 27.7 Å². The third-order valence-electron chi connectivity index (χ3n) is 4.27. The van der Waals surface area contributed by atoms with Gasteiger partial charge in [0.2, 0.25) is 0 Å². The topological polar surface area (TPSA) is 35.5 Å². The molecule has 0 amide bonds. The number of benzene rings is 1. The van der Waals surface area contributed by atoms with Gasteiger partial charge in [0, 0.05) is 42.3 Å². The molecule has 0 unspecified atom stereocenters. The lowest BCUT2D eigenvalue weighted by Crippen LogP contribution is -2.45. The minimum absolute atomic E-state index is 0.372. The summed E-state index contributed by atoms with van der Waals surface area (Å²) in [4.78, 5) is 2.54. The largest absolute Gasteiger partial charge is 0.507 e. The maximum Gasteiger partial charge on any atom is 0.124 e. The standard InChI is InChI=1S/C15H21BrN2O/c1-10-2-5-12(16)13(15(10)19)14(11-3-4-11)18-8-6-17-7-9-18/h2,5,11,14,17,19H,3-4,6-9H2,1H3/t14-/m1/s1. The Labute approximate surface area is 123 Å². The van der Waals surface area contributed by atoms with Gasteiger partial charge in [0.05, 0.1) is 0 Å². The summed E-state index contributed by atoms with van der Waals surface area (Å²) < 4.78 is 1.05. The molecule has 2 N–H and O–H groups in total. The fraction of sp³-hybridized carbons (Fsp3) is 0.600. The third-order valence-corrected chi connectivity index (χ3v) is 4.97. The molecule has 0 bridgehead atoms. The van der Waals surface area contributed by atoms with E-state index in [1.54, 1.807) is 0 Å². The molecular weight excluding hydrogens is 304 g/mol. The van der Waals surface area contributed by atoms with Gasteiger partial charge < -0.3 is 10.4 Å². The number of aryl methyl sites for hydroxylation is 1. The summed E-state index contributed by atoms with van der Waals surface area (Å²) in [5, 5.41) is 13.9. The van der Waals surface area contributed by atoms with E-state index in [0.29, 0.717) is 17.7 Å². The van der Waals surface area contributed by atoms with E-state index < -0.39 is 0 Å². The molecule has 1 saturated heterocycles. The fourth-order valence-electron chi connectivity index (χ4n) is 3.06. The predicted octanol–water partition coefficient (Wildman–Crippen LogP) is 2.82. The highest BCUT2D eigenvalue weighted by Crippen LogP contribution is 2.49. The van der Waals surface area contributed by atoms with Crippen LogP contribution in [0.25, 0.3) is 0 Å². The molecule has 0 aromatic heterocycles. The highest BCUT2D eigenvalue weighted by Gasteiger charge is 2.39. The highest BCUT2D eigenvalue weighted by molar-refractivity contribution is 9.10. The number of halogens is 1. The summed E-state index contributed by atoms with van der Waals surface area (Å²) in [6.45, 7) is 6.22. The zero-order valence-corrected chi connectivity index (χ0v) is 12.9. The Morgan fingerprint density at radius 3 is 2.63 bits per heavy atom. The van der Waals surface area contributed by atoms with Crippen LogP contribution >= 0.6 is 15.9 Å². The van der Waals surface area contributed by atoms with Crippen molar-refractivity contribution in [3.63, 3.8) is 0 Å². The van der Waals surface area contributed by atoms with Crippen LogP contribution in [0.3, 0.4) is 0 Å². The molecule has 3 nitrogen and oxygen atoms in total. The number of nitrogens with zero attached hydrogens (tertiary/aromatic N) is 1. The van der Waals surface area contributed by atoms with Crippen molar-refractivity contribution in [2.75, 3.05) is 26.2 Å². The van der Waals surface area contributed by atoms with E-state index in [2.05, 4.69) is 32.2 Å². The fourth-order valence-corrected chi connectivity index (χ4v) is 3.62. The lowest BCUT2D eigenvalue weighted by atomic mass is 9.97. The van der Waals surface area contributed by atoms with Gasteiger partial charge in [0.15, 0.2) is 0 Å². The summed E-state index contributed by atoms with van der Waals surface area (Å²) in [7, 11) is 0. The monoisotopic (exact) mass is 324 g/mol. The first kappa shape index (κ1) is 13.4. The predicted molar refractivity (Wildman–Crippen MR) is 80.5 cm³/mol. The molecular formula is C15H21BrN2O. The molecule has 1 aromatic carbocycles. The number of aromatic hydroxyl groups is 1. The second-order valence-electron chi connectivity index (χ2n) is 5.69. The van der Waals surface area contributed by atoms with E-state index in [0.717, 1.165) is 41.8 Å². The summed E-state index contributed by atoms with van der Waals surface area (Å²) in [5.41, 5.74) is 2.07. The average Bonchev–Trinajstić information content (AvgIpc) is 3.24. The number of phenols is 1. The lowest BCUT2D eigenvalue weighted by molar-refractivity contribution is 0.153. The number of hydrogen-bond donors (Lipinski definition) is 2. The summed E-state index contributed by atoms with van der Waals surface area (Å²) >= 11 is 3.64. The second-order valence-corrected chi connectivity index (χ2v) is 6.55. The first-order valence-corrected chi connectivity index (χ1v) is 7.90. The third kappa shape index (κ3) is 2.67. The average molecular weight is 325 g/mol. The molecule has 0 radical (unpaired) electrons. The van der Waals surface area contributed by atoms with E-state index in [4.69, 9.17) is 0 Å². The van der Waals surface area contributed by atoms with Crippen LogP contribution in [0.2, 0.25) is 0 Å². The Bertz CT molecular complexity index is 467. The smallest absolute Gasteiger partial charge is 0.124 e. The van der Waals surface area contributed by atoms with Gasteiger partial charge in [0.25, 0.3) is 0 Å². The van der Waals surface area contributed by atoms with Gasteiger partial charge in [-0.15, -0.1) is 0 Å².